The van der Waals surface area contributed by atoms with Gasteiger partial charge in [0, 0.05) is 128 Å². The third kappa shape index (κ3) is 17.4. The molecule has 6 aromatic carbocycles. The Kier molecular flexibility index (Phi) is 26.5. The molecule has 26 nitrogen and oxygen atoms in total. The first-order chi connectivity index (χ1) is 50.5. The number of halogens is 3. The van der Waals surface area contributed by atoms with E-state index in [-0.39, 0.29) is 70.2 Å². The van der Waals surface area contributed by atoms with Gasteiger partial charge >= 0.3 is 33.7 Å². The largest absolute Gasteiger partial charge is 0.459 e. The summed E-state index contributed by atoms with van der Waals surface area (Å²) in [6, 6.07) is 47.9. The van der Waals surface area contributed by atoms with Crippen LogP contribution in [0.2, 0.25) is 15.1 Å². The topological polar surface area (TPSA) is 282 Å². The molecule has 108 heavy (non-hydrogen) atoms. The number of nitrogens with zero attached hydrogens (tertiary/aromatic N) is 13. The number of hydrogen-bond donors (Lipinski definition) is 0. The van der Waals surface area contributed by atoms with E-state index in [0.29, 0.717) is 156 Å². The van der Waals surface area contributed by atoms with Crippen LogP contribution in [0.4, 0.5) is 34.1 Å². The van der Waals surface area contributed by atoms with Crippen LogP contribution < -0.4 is 31.4 Å². The van der Waals surface area contributed by atoms with Crippen molar-refractivity contribution < 1.29 is 33.6 Å². The highest BCUT2D eigenvalue weighted by atomic mass is 35.5. The summed E-state index contributed by atoms with van der Waals surface area (Å²) in [5.41, 5.74) is 2.43. The molecule has 0 N–H and O–H groups in total. The number of fused-ring (bicyclic) bond motifs is 3. The molecule has 3 fully saturated rings. The van der Waals surface area contributed by atoms with Crippen molar-refractivity contribution in [3.63, 3.8) is 0 Å². The molecule has 0 atom stereocenters. The van der Waals surface area contributed by atoms with Gasteiger partial charge in [-0.2, -0.15) is 0 Å². The van der Waals surface area contributed by atoms with Crippen molar-refractivity contribution in [1.29, 1.82) is 0 Å². The van der Waals surface area contributed by atoms with Gasteiger partial charge in [0.15, 0.2) is 5.76 Å². The lowest BCUT2D eigenvalue weighted by Crippen LogP contribution is -2.49. The fraction of sp³-hybridized carbons (Fsp3) is 0.282. The summed E-state index contributed by atoms with van der Waals surface area (Å²) >= 11 is 20.0. The molecule has 0 radical (unpaired) electrons. The zero-order valence-corrected chi connectivity index (χ0v) is 60.3. The van der Waals surface area contributed by atoms with E-state index in [1.165, 1.54) is 31.3 Å². The predicted octanol–water partition coefficient (Wildman–Crippen LogP) is 14.1. The fourth-order valence-electron chi connectivity index (χ4n) is 13.4. The second-order valence-corrected chi connectivity index (χ2v) is 27.8. The number of amides is 3. The number of carbonyl (C=O) groups excluding carboxylic acids is 3. The van der Waals surface area contributed by atoms with Crippen LogP contribution in [0.5, 0.6) is 0 Å². The molecule has 30 heteroatoms. The molecule has 5 aromatic heterocycles. The molecule has 0 saturated carbocycles. The molecule has 3 aliphatic heterocycles. The standard InChI is InChI=1S/C27H22Cl2N4O4.C25H21ClN4O5.C23H27N5O4S.3CH4/c28-20-8-6-19(7-9-20)26(34)31-14-12-30(13-15-31)24-22-16-21(29)10-11-23(22)32(27(35)25(24)33(36)37)17-18-4-2-1-3-5-18;26-18-8-9-20-19(15-18)22(27-10-12-28(13-11-27)24(31)21-7-4-14-35-21)23(30(33)34)25(32)29(20)16-17-5-2-1-3-6-17;1-16-6-7-18-17(15-16)20(21(28(31)32)23(30)27(18)13-8-24(2)3)25-9-11-26(12-10-25)22(29)19-5-4-14-33-19;;;/h1-11,16H,12-15,17H2;1-9,14-15H,10-13,16H2;4-7,14-15H,8-13H2,1-3H3;3*1H4. The summed E-state index contributed by atoms with van der Waals surface area (Å²) in [4.78, 5) is 127. The number of rotatable bonds is 16. The van der Waals surface area contributed by atoms with Gasteiger partial charge in [-0.1, -0.05) is 135 Å². The maximum atomic E-state index is 13.5. The maximum Gasteiger partial charge on any atom is 0.357 e. The number of furan rings is 1. The SMILES string of the molecule is C.C.C.Cc1ccc2c(c1)c(N1CCN(C(=O)c3cccs3)CC1)c([N+](=O)[O-])c(=O)n2CCN(C)C.O=C(c1ccc(Cl)cc1)N1CCN(c2c([N+](=O)[O-])c(=O)n(Cc3ccccc3)c3ccc(Cl)cc23)CC1.O=C(c1ccco1)N1CCN(c2c([N+](=O)[O-])c(=O)n(Cc3ccccc3)c3ccc(Cl)cc23)CC1. The Morgan fingerprint density at radius 2 is 0.861 bits per heavy atom. The predicted molar refractivity (Wildman–Crippen MR) is 428 cm³/mol. The third-order valence-corrected chi connectivity index (χ3v) is 20.2. The number of anilines is 3. The second-order valence-electron chi connectivity index (χ2n) is 25.5. The summed E-state index contributed by atoms with van der Waals surface area (Å²) in [5.74, 6) is -0.170. The first kappa shape index (κ1) is 80.9. The quantitative estimate of drug-likeness (QED) is 0.0641. The van der Waals surface area contributed by atoms with Gasteiger partial charge in [0.2, 0.25) is 0 Å². The minimum absolute atomic E-state index is 0. The minimum atomic E-state index is -0.683. The van der Waals surface area contributed by atoms with Gasteiger partial charge in [0.25, 0.3) is 17.7 Å². The van der Waals surface area contributed by atoms with Crippen LogP contribution in [0.15, 0.2) is 194 Å². The lowest BCUT2D eigenvalue weighted by atomic mass is 10.1. The summed E-state index contributed by atoms with van der Waals surface area (Å²) in [6.07, 6.45) is 1.44. The Hall–Kier alpha value is -11.2. The second kappa shape index (κ2) is 35.4. The summed E-state index contributed by atoms with van der Waals surface area (Å²) in [5, 5.41) is 41.5. The zero-order chi connectivity index (χ0) is 74.3. The molecule has 0 unspecified atom stereocenters. The number of carbonyl (C=O) groups is 3. The number of aryl methyl sites for hydroxylation is 1. The summed E-state index contributed by atoms with van der Waals surface area (Å²) < 4.78 is 9.55. The number of piperazine rings is 3. The molecule has 14 rings (SSSR count). The van der Waals surface area contributed by atoms with Crippen LogP contribution in [0.1, 0.15) is 69.6 Å². The maximum absolute atomic E-state index is 13.5. The van der Waals surface area contributed by atoms with Crippen molar-refractivity contribution >= 4 is 131 Å². The number of likely N-dealkylation sites (N-methyl/N-ethyl adjacent to an activating group) is 1. The Morgan fingerprint density at radius 1 is 0.463 bits per heavy atom. The van der Waals surface area contributed by atoms with Crippen LogP contribution in [-0.2, 0) is 19.6 Å². The third-order valence-electron chi connectivity index (χ3n) is 18.6. The Morgan fingerprint density at radius 3 is 1.27 bits per heavy atom. The zero-order valence-electron chi connectivity index (χ0n) is 57.2. The van der Waals surface area contributed by atoms with Gasteiger partial charge in [-0.15, -0.1) is 11.3 Å². The van der Waals surface area contributed by atoms with Gasteiger partial charge < -0.3 is 43.3 Å². The van der Waals surface area contributed by atoms with Gasteiger partial charge in [0.1, 0.15) is 17.1 Å². The van der Waals surface area contributed by atoms with Crippen LogP contribution in [0, 0.1) is 37.3 Å². The normalized spacial score (nSPS) is 13.5. The molecule has 3 saturated heterocycles. The smallest absolute Gasteiger partial charge is 0.357 e. The number of hydrogen-bond acceptors (Lipinski definition) is 18. The number of nitro groups is 3. The summed E-state index contributed by atoms with van der Waals surface area (Å²) in [7, 11) is 3.80. The van der Waals surface area contributed by atoms with E-state index in [2.05, 4.69) is 0 Å². The molecule has 564 valence electrons. The van der Waals surface area contributed by atoms with Gasteiger partial charge in [-0.3, -0.25) is 68.2 Å². The van der Waals surface area contributed by atoms with Crippen molar-refractivity contribution in [2.24, 2.45) is 0 Å². The van der Waals surface area contributed by atoms with E-state index in [1.54, 1.807) is 103 Å². The van der Waals surface area contributed by atoms with E-state index in [9.17, 15) is 59.1 Å². The van der Waals surface area contributed by atoms with Gasteiger partial charge in [-0.25, -0.2) is 0 Å². The average Bonchev–Trinajstić information content (AvgIpc) is 0.970. The number of pyridine rings is 3. The fourth-order valence-corrected chi connectivity index (χ4v) is 14.6. The van der Waals surface area contributed by atoms with E-state index >= 15 is 0 Å². The molecule has 3 amide bonds. The van der Waals surface area contributed by atoms with Crippen LogP contribution in [-0.4, -0.2) is 165 Å². The number of benzene rings is 6. The molecule has 0 spiro atoms. The molecule has 3 aliphatic rings. The molecular weight excluding hydrogens is 1470 g/mol. The average molecular weight is 1550 g/mol. The highest BCUT2D eigenvalue weighted by Crippen LogP contribution is 2.40. The Bertz CT molecular complexity index is 5290. The Balaban J connectivity index is 0.000000185. The molecule has 11 aromatic rings. The van der Waals surface area contributed by atoms with Gasteiger partial charge in [-0.05, 0) is 129 Å². The minimum Gasteiger partial charge on any atom is -0.459 e. The van der Waals surface area contributed by atoms with Crippen molar-refractivity contribution in [2.45, 2.75) is 48.8 Å². The van der Waals surface area contributed by atoms with E-state index < -0.39 is 48.5 Å². The first-order valence-electron chi connectivity index (χ1n) is 33.5. The highest BCUT2D eigenvalue weighted by molar-refractivity contribution is 7.12. The van der Waals surface area contributed by atoms with Crippen molar-refractivity contribution in [3.05, 3.63) is 285 Å². The lowest BCUT2D eigenvalue weighted by Gasteiger charge is -2.36. The van der Waals surface area contributed by atoms with Gasteiger partial charge in [0.05, 0.1) is 55.5 Å². The van der Waals surface area contributed by atoms with E-state index in [0.717, 1.165) is 16.7 Å². The Labute approximate surface area is 641 Å². The molecule has 8 heterocycles. The van der Waals surface area contributed by atoms with E-state index in [1.807, 2.05) is 121 Å². The van der Waals surface area contributed by atoms with Crippen molar-refractivity contribution in [1.82, 2.24) is 33.3 Å². The molecule has 0 bridgehead atoms. The first-order valence-corrected chi connectivity index (χ1v) is 35.6. The van der Waals surface area contributed by atoms with E-state index in [4.69, 9.17) is 39.2 Å². The molecular formula is C78H82Cl3N13O13S. The number of thiophene rings is 1. The monoisotopic (exact) mass is 1550 g/mol. The molecule has 0 aliphatic carbocycles. The summed E-state index contributed by atoms with van der Waals surface area (Å²) in [6.45, 7) is 7.56. The highest BCUT2D eigenvalue weighted by Gasteiger charge is 2.37. The lowest BCUT2D eigenvalue weighted by molar-refractivity contribution is -0.385. The van der Waals surface area contributed by atoms with Crippen molar-refractivity contribution in [2.75, 3.05) is 114 Å². The van der Waals surface area contributed by atoms with Crippen molar-refractivity contribution in [3.8, 4) is 0 Å². The van der Waals surface area contributed by atoms with Crippen LogP contribution >= 0.6 is 46.1 Å². The van der Waals surface area contributed by atoms with Crippen LogP contribution in [0.3, 0.4) is 0 Å². The van der Waals surface area contributed by atoms with Crippen LogP contribution in [0.25, 0.3) is 32.7 Å². The number of aromatic nitrogens is 3.